The molecule has 0 aliphatic carbocycles. The average Bonchev–Trinajstić information content (AvgIpc) is 2.68. The van der Waals surface area contributed by atoms with E-state index in [1.54, 1.807) is 30.3 Å². The molecule has 2 amide bonds. The molecule has 1 fully saturated rings. The standard InChI is InChI=1S/C20H23ClN4O3/c1-13-12-17(28-16-4-2-14(3-5-16)19(22)27)24-20(23-13)15-7-10-25(11-8-15)18(26)6-9-21/h2-5,12,15H,6-11H2,1H3,(H2,22,27). The van der Waals surface area contributed by atoms with Crippen molar-refractivity contribution < 1.29 is 14.3 Å². The summed E-state index contributed by atoms with van der Waals surface area (Å²) in [6, 6.07) is 8.35. The first-order chi connectivity index (χ1) is 13.5. The fraction of sp³-hybridized carbons (Fsp3) is 0.400. The smallest absolute Gasteiger partial charge is 0.248 e. The summed E-state index contributed by atoms with van der Waals surface area (Å²) in [6.45, 7) is 3.26. The van der Waals surface area contributed by atoms with Crippen LogP contribution in [0.25, 0.3) is 0 Å². The molecule has 3 rings (SSSR count). The van der Waals surface area contributed by atoms with E-state index in [9.17, 15) is 9.59 Å². The molecule has 0 bridgehead atoms. The zero-order chi connectivity index (χ0) is 20.1. The van der Waals surface area contributed by atoms with E-state index in [-0.39, 0.29) is 11.8 Å². The maximum atomic E-state index is 12.0. The van der Waals surface area contributed by atoms with Crippen molar-refractivity contribution in [2.24, 2.45) is 5.73 Å². The Morgan fingerprint density at radius 1 is 1.21 bits per heavy atom. The van der Waals surface area contributed by atoms with Gasteiger partial charge in [-0.2, -0.15) is 4.98 Å². The number of benzene rings is 1. The molecule has 1 saturated heterocycles. The van der Waals surface area contributed by atoms with Crippen LogP contribution in [-0.2, 0) is 4.79 Å². The van der Waals surface area contributed by atoms with E-state index < -0.39 is 5.91 Å². The van der Waals surface area contributed by atoms with E-state index in [0.29, 0.717) is 42.6 Å². The number of aromatic nitrogens is 2. The summed E-state index contributed by atoms with van der Waals surface area (Å²) in [5, 5.41) is 0. The molecule has 8 heteroatoms. The maximum Gasteiger partial charge on any atom is 0.248 e. The molecule has 2 N–H and O–H groups in total. The normalized spacial score (nSPS) is 14.7. The van der Waals surface area contributed by atoms with Crippen molar-refractivity contribution >= 4 is 23.4 Å². The van der Waals surface area contributed by atoms with Gasteiger partial charge in [0.2, 0.25) is 17.7 Å². The van der Waals surface area contributed by atoms with Crippen molar-refractivity contribution in [3.8, 4) is 11.6 Å². The third-order valence-electron chi connectivity index (χ3n) is 4.73. The molecule has 1 aliphatic rings. The topological polar surface area (TPSA) is 98.4 Å². The molecule has 1 aliphatic heterocycles. The second kappa shape index (κ2) is 9.01. The molecule has 1 aromatic carbocycles. The van der Waals surface area contributed by atoms with Crippen LogP contribution >= 0.6 is 11.6 Å². The van der Waals surface area contributed by atoms with E-state index >= 15 is 0 Å². The number of carbonyl (C=O) groups excluding carboxylic acids is 2. The van der Waals surface area contributed by atoms with Crippen molar-refractivity contribution in [1.29, 1.82) is 0 Å². The number of halogens is 1. The highest BCUT2D eigenvalue weighted by atomic mass is 35.5. The molecule has 0 radical (unpaired) electrons. The third-order valence-corrected chi connectivity index (χ3v) is 4.92. The number of rotatable bonds is 6. The number of alkyl halides is 1. The van der Waals surface area contributed by atoms with Gasteiger partial charge in [-0.05, 0) is 44.0 Å². The molecule has 0 spiro atoms. The van der Waals surface area contributed by atoms with Gasteiger partial charge in [0.05, 0.1) is 0 Å². The summed E-state index contributed by atoms with van der Waals surface area (Å²) in [6.07, 6.45) is 1.99. The Hall–Kier alpha value is -2.67. The number of nitrogens with two attached hydrogens (primary N) is 1. The van der Waals surface area contributed by atoms with Crippen LogP contribution in [0.4, 0.5) is 0 Å². The van der Waals surface area contributed by atoms with Crippen LogP contribution in [0.2, 0.25) is 0 Å². The molecule has 148 valence electrons. The SMILES string of the molecule is Cc1cc(Oc2ccc(C(N)=O)cc2)nc(C2CCN(C(=O)CCCl)CC2)n1. The molecule has 28 heavy (non-hydrogen) atoms. The molecule has 0 atom stereocenters. The predicted molar refractivity (Wildman–Crippen MR) is 106 cm³/mol. The van der Waals surface area contributed by atoms with Crippen molar-refractivity contribution in [2.75, 3.05) is 19.0 Å². The van der Waals surface area contributed by atoms with E-state index in [4.69, 9.17) is 22.1 Å². The Labute approximate surface area is 168 Å². The molecular formula is C20H23ClN4O3. The van der Waals surface area contributed by atoms with Crippen LogP contribution in [0.1, 0.15) is 47.1 Å². The number of primary amides is 1. The van der Waals surface area contributed by atoms with E-state index in [1.165, 1.54) is 0 Å². The van der Waals surface area contributed by atoms with Crippen molar-refractivity contribution in [3.63, 3.8) is 0 Å². The van der Waals surface area contributed by atoms with Gasteiger partial charge in [0.1, 0.15) is 11.6 Å². The van der Waals surface area contributed by atoms with Crippen molar-refractivity contribution in [2.45, 2.75) is 32.1 Å². The number of carbonyl (C=O) groups is 2. The first-order valence-electron chi connectivity index (χ1n) is 9.23. The molecule has 7 nitrogen and oxygen atoms in total. The Bertz CT molecular complexity index is 849. The number of hydrogen-bond acceptors (Lipinski definition) is 5. The second-order valence-electron chi connectivity index (χ2n) is 6.79. The van der Waals surface area contributed by atoms with Gasteiger partial charge in [-0.25, -0.2) is 4.98 Å². The molecule has 2 aromatic rings. The minimum atomic E-state index is -0.484. The Morgan fingerprint density at radius 2 is 1.89 bits per heavy atom. The zero-order valence-corrected chi connectivity index (χ0v) is 16.5. The lowest BCUT2D eigenvalue weighted by Gasteiger charge is -2.31. The van der Waals surface area contributed by atoms with Gasteiger partial charge in [-0.1, -0.05) is 0 Å². The minimum absolute atomic E-state index is 0.0991. The quantitative estimate of drug-likeness (QED) is 0.749. The number of hydrogen-bond donors (Lipinski definition) is 1. The van der Waals surface area contributed by atoms with Gasteiger partial charge in [-0.3, -0.25) is 9.59 Å². The second-order valence-corrected chi connectivity index (χ2v) is 7.17. The highest BCUT2D eigenvalue weighted by molar-refractivity contribution is 6.18. The lowest BCUT2D eigenvalue weighted by Crippen LogP contribution is -2.38. The van der Waals surface area contributed by atoms with Gasteiger partial charge in [0.15, 0.2) is 0 Å². The fourth-order valence-corrected chi connectivity index (χ4v) is 3.39. The maximum absolute atomic E-state index is 12.0. The molecule has 2 heterocycles. The van der Waals surface area contributed by atoms with E-state index in [2.05, 4.69) is 9.97 Å². The monoisotopic (exact) mass is 402 g/mol. The number of piperidine rings is 1. The highest BCUT2D eigenvalue weighted by Gasteiger charge is 2.25. The van der Waals surface area contributed by atoms with Gasteiger partial charge in [-0.15, -0.1) is 11.6 Å². The lowest BCUT2D eigenvalue weighted by molar-refractivity contribution is -0.131. The van der Waals surface area contributed by atoms with Crippen LogP contribution in [0, 0.1) is 6.92 Å². The summed E-state index contributed by atoms with van der Waals surface area (Å²) in [7, 11) is 0. The Kier molecular flexibility index (Phi) is 6.46. The number of likely N-dealkylation sites (tertiary alicyclic amines) is 1. The lowest BCUT2D eigenvalue weighted by atomic mass is 9.95. The van der Waals surface area contributed by atoms with Crippen LogP contribution in [-0.4, -0.2) is 45.7 Å². The zero-order valence-electron chi connectivity index (χ0n) is 15.7. The van der Waals surface area contributed by atoms with Gasteiger partial charge < -0.3 is 15.4 Å². The summed E-state index contributed by atoms with van der Waals surface area (Å²) >= 11 is 5.66. The largest absolute Gasteiger partial charge is 0.439 e. The van der Waals surface area contributed by atoms with Crippen LogP contribution in [0.5, 0.6) is 11.6 Å². The van der Waals surface area contributed by atoms with Crippen molar-refractivity contribution in [1.82, 2.24) is 14.9 Å². The molecule has 0 saturated carbocycles. The highest BCUT2D eigenvalue weighted by Crippen LogP contribution is 2.28. The molecule has 0 unspecified atom stereocenters. The van der Waals surface area contributed by atoms with E-state index in [0.717, 1.165) is 24.4 Å². The minimum Gasteiger partial charge on any atom is -0.439 e. The van der Waals surface area contributed by atoms with Gasteiger partial charge >= 0.3 is 0 Å². The summed E-state index contributed by atoms with van der Waals surface area (Å²) < 4.78 is 5.83. The first-order valence-corrected chi connectivity index (χ1v) is 9.76. The molecule has 1 aromatic heterocycles. The summed E-state index contributed by atoms with van der Waals surface area (Å²) in [4.78, 5) is 34.1. The number of ether oxygens (including phenoxy) is 1. The van der Waals surface area contributed by atoms with Crippen LogP contribution < -0.4 is 10.5 Å². The first kappa shape index (κ1) is 20.1. The summed E-state index contributed by atoms with van der Waals surface area (Å²) in [5.74, 6) is 1.89. The van der Waals surface area contributed by atoms with Crippen LogP contribution in [0.15, 0.2) is 30.3 Å². The number of nitrogens with zero attached hydrogens (tertiary/aromatic N) is 3. The van der Waals surface area contributed by atoms with Gasteiger partial charge in [0, 0.05) is 48.6 Å². The summed E-state index contributed by atoms with van der Waals surface area (Å²) in [5.41, 5.74) is 6.49. The fourth-order valence-electron chi connectivity index (χ4n) is 3.23. The number of amides is 2. The Balaban J connectivity index is 1.68. The molecular weight excluding hydrogens is 380 g/mol. The number of aryl methyl sites for hydroxylation is 1. The van der Waals surface area contributed by atoms with Crippen LogP contribution in [0.3, 0.4) is 0 Å². The predicted octanol–water partition coefficient (Wildman–Crippen LogP) is 3.01. The van der Waals surface area contributed by atoms with E-state index in [1.807, 2.05) is 11.8 Å². The Morgan fingerprint density at radius 3 is 2.50 bits per heavy atom. The average molecular weight is 403 g/mol. The third kappa shape index (κ3) is 4.98. The van der Waals surface area contributed by atoms with Gasteiger partial charge in [0.25, 0.3) is 0 Å². The van der Waals surface area contributed by atoms with Crippen molar-refractivity contribution in [3.05, 3.63) is 47.4 Å².